The van der Waals surface area contributed by atoms with Crippen molar-refractivity contribution in [2.45, 2.75) is 32.2 Å². The highest BCUT2D eigenvalue weighted by Crippen LogP contribution is 2.44. The van der Waals surface area contributed by atoms with E-state index in [4.69, 9.17) is 4.99 Å². The van der Waals surface area contributed by atoms with Crippen molar-refractivity contribution in [3.8, 4) is 11.6 Å². The minimum Gasteiger partial charge on any atom is -0.494 e. The van der Waals surface area contributed by atoms with Crippen LogP contribution < -0.4 is 11.2 Å². The first-order valence-corrected chi connectivity index (χ1v) is 18.2. The SMILES string of the molecule is CC(=NCC1c2ccccc2C(=O)N(CCc2ccccc2)C1c1ccc2c(c1)c1ccccc1n2C)c1c(O)n(C)c(=O)n(-c2ccccc2C)c1=O. The Balaban J connectivity index is 1.28. The quantitative estimate of drug-likeness (QED) is 0.168. The average Bonchev–Trinajstić information content (AvgIpc) is 3.48. The van der Waals surface area contributed by atoms with Crippen molar-refractivity contribution in [2.24, 2.45) is 19.1 Å². The summed E-state index contributed by atoms with van der Waals surface area (Å²) in [7, 11) is 3.51. The maximum atomic E-state index is 14.5. The van der Waals surface area contributed by atoms with Crippen molar-refractivity contribution in [1.82, 2.24) is 18.6 Å². The van der Waals surface area contributed by atoms with Crippen LogP contribution in [0.15, 0.2) is 136 Å². The van der Waals surface area contributed by atoms with Crippen molar-refractivity contribution in [2.75, 3.05) is 13.1 Å². The van der Waals surface area contributed by atoms with E-state index in [2.05, 4.69) is 54.1 Å². The van der Waals surface area contributed by atoms with Crippen LogP contribution in [0.2, 0.25) is 0 Å². The second-order valence-corrected chi connectivity index (χ2v) is 14.1. The van der Waals surface area contributed by atoms with Crippen LogP contribution in [0, 0.1) is 6.92 Å². The Morgan fingerprint density at radius 2 is 1.44 bits per heavy atom. The first-order chi connectivity index (χ1) is 26.2. The van der Waals surface area contributed by atoms with E-state index in [-0.39, 0.29) is 23.9 Å². The van der Waals surface area contributed by atoms with Crippen molar-refractivity contribution < 1.29 is 9.90 Å². The molecule has 0 spiro atoms. The first kappa shape index (κ1) is 34.6. The molecule has 2 atom stereocenters. The molecular formula is C45H41N5O4. The Morgan fingerprint density at radius 1 is 0.759 bits per heavy atom. The number of nitrogens with zero attached hydrogens (tertiary/aromatic N) is 5. The van der Waals surface area contributed by atoms with E-state index in [0.717, 1.165) is 53.2 Å². The van der Waals surface area contributed by atoms with Gasteiger partial charge in [-0.05, 0) is 72.9 Å². The molecule has 0 radical (unpaired) electrons. The molecule has 9 nitrogen and oxygen atoms in total. The highest BCUT2D eigenvalue weighted by atomic mass is 16.3. The summed E-state index contributed by atoms with van der Waals surface area (Å²) in [6.07, 6.45) is 0.668. The van der Waals surface area contributed by atoms with Gasteiger partial charge in [0.2, 0.25) is 5.88 Å². The molecule has 2 unspecified atom stereocenters. The van der Waals surface area contributed by atoms with E-state index < -0.39 is 23.2 Å². The number of benzene rings is 5. The normalized spacial score (nSPS) is 16.0. The van der Waals surface area contributed by atoms with Gasteiger partial charge in [-0.1, -0.05) is 91.0 Å². The van der Waals surface area contributed by atoms with Crippen LogP contribution in [0.4, 0.5) is 0 Å². The number of aliphatic imine (C=N–C) groups is 1. The third-order valence-corrected chi connectivity index (χ3v) is 11.0. The molecule has 54 heavy (non-hydrogen) atoms. The Morgan fingerprint density at radius 3 is 2.24 bits per heavy atom. The second kappa shape index (κ2) is 13.8. The lowest BCUT2D eigenvalue weighted by molar-refractivity contribution is 0.0614. The number of carbonyl (C=O) groups excluding carboxylic acids is 1. The predicted octanol–water partition coefficient (Wildman–Crippen LogP) is 7.23. The van der Waals surface area contributed by atoms with Gasteiger partial charge in [0.1, 0.15) is 5.56 Å². The summed E-state index contributed by atoms with van der Waals surface area (Å²) < 4.78 is 4.35. The first-order valence-electron chi connectivity index (χ1n) is 18.2. The highest BCUT2D eigenvalue weighted by Gasteiger charge is 2.40. The maximum absolute atomic E-state index is 14.5. The zero-order valence-corrected chi connectivity index (χ0v) is 30.7. The monoisotopic (exact) mass is 715 g/mol. The van der Waals surface area contributed by atoms with Gasteiger partial charge < -0.3 is 14.6 Å². The largest absolute Gasteiger partial charge is 0.494 e. The van der Waals surface area contributed by atoms with E-state index in [9.17, 15) is 19.5 Å². The summed E-state index contributed by atoms with van der Waals surface area (Å²) in [5.41, 5.74) is 5.97. The van der Waals surface area contributed by atoms with Gasteiger partial charge >= 0.3 is 5.69 Å². The zero-order valence-electron chi connectivity index (χ0n) is 30.7. The number of hydrogen-bond donors (Lipinski definition) is 1. The molecule has 0 saturated carbocycles. The van der Waals surface area contributed by atoms with Crippen molar-refractivity contribution in [3.05, 3.63) is 176 Å². The second-order valence-electron chi connectivity index (χ2n) is 14.1. The van der Waals surface area contributed by atoms with Crippen molar-refractivity contribution >= 4 is 33.4 Å². The van der Waals surface area contributed by atoms with Crippen LogP contribution in [-0.2, 0) is 20.5 Å². The summed E-state index contributed by atoms with van der Waals surface area (Å²) in [5, 5.41) is 13.5. The molecule has 0 fully saturated rings. The van der Waals surface area contributed by atoms with Gasteiger partial charge in [0, 0.05) is 66.2 Å². The van der Waals surface area contributed by atoms with Gasteiger partial charge in [-0.15, -0.1) is 0 Å². The van der Waals surface area contributed by atoms with E-state index in [1.54, 1.807) is 19.1 Å². The molecule has 1 amide bonds. The number of amides is 1. The number of rotatable bonds is 8. The van der Waals surface area contributed by atoms with Gasteiger partial charge in [0.25, 0.3) is 11.5 Å². The zero-order chi connectivity index (χ0) is 37.7. The molecule has 7 aromatic rings. The summed E-state index contributed by atoms with van der Waals surface area (Å²) in [6.45, 7) is 4.21. The minimum absolute atomic E-state index is 0.0432. The van der Waals surface area contributed by atoms with Crippen molar-refractivity contribution in [3.63, 3.8) is 0 Å². The number of aryl methyl sites for hydroxylation is 2. The highest BCUT2D eigenvalue weighted by molar-refractivity contribution is 6.08. The van der Waals surface area contributed by atoms with E-state index in [1.165, 1.54) is 7.05 Å². The molecule has 1 aliphatic heterocycles. The molecule has 8 rings (SSSR count). The van der Waals surface area contributed by atoms with Gasteiger partial charge in [-0.3, -0.25) is 19.1 Å². The molecule has 0 saturated heterocycles. The standard InChI is InChI=1S/C45H41N5O4/c1-28-14-8-12-20-37(28)50-44(53)40(43(52)48(4)45(50)54)29(2)46-27-36-32-17-9-10-19-34(32)42(51)49(25-24-30-15-6-5-7-16-30)41(36)31-22-23-39-35(26-31)33-18-11-13-21-38(33)47(39)3/h5-23,26,36,41,52H,24-25,27H2,1-4H3. The van der Waals surface area contributed by atoms with Gasteiger partial charge in [0.05, 0.1) is 11.7 Å². The number of aromatic nitrogens is 3. The van der Waals surface area contributed by atoms with E-state index in [0.29, 0.717) is 29.9 Å². The third kappa shape index (κ3) is 5.73. The van der Waals surface area contributed by atoms with Crippen LogP contribution in [0.1, 0.15) is 57.1 Å². The molecule has 1 aliphatic rings. The summed E-state index contributed by atoms with van der Waals surface area (Å²) in [4.78, 5) is 49.0. The average molecular weight is 716 g/mol. The van der Waals surface area contributed by atoms with Crippen molar-refractivity contribution in [1.29, 1.82) is 0 Å². The fourth-order valence-corrected chi connectivity index (χ4v) is 8.16. The molecule has 0 bridgehead atoms. The Bertz CT molecular complexity index is 2740. The van der Waals surface area contributed by atoms with Crippen LogP contribution in [-0.4, -0.2) is 48.4 Å². The number of para-hydroxylation sites is 2. The Labute approximate surface area is 312 Å². The van der Waals surface area contributed by atoms with Gasteiger partial charge in [0.15, 0.2) is 0 Å². The number of carbonyl (C=O) groups is 1. The Hall–Kier alpha value is -6.48. The molecule has 0 aliphatic carbocycles. The van der Waals surface area contributed by atoms with Gasteiger partial charge in [-0.25, -0.2) is 9.36 Å². The van der Waals surface area contributed by atoms with E-state index >= 15 is 0 Å². The van der Waals surface area contributed by atoms with Crippen LogP contribution in [0.3, 0.4) is 0 Å². The number of hydrogen-bond acceptors (Lipinski definition) is 5. The lowest BCUT2D eigenvalue weighted by Crippen LogP contribution is -2.44. The van der Waals surface area contributed by atoms with Crippen LogP contribution in [0.25, 0.3) is 27.5 Å². The smallest absolute Gasteiger partial charge is 0.338 e. The fourth-order valence-electron chi connectivity index (χ4n) is 8.16. The van der Waals surface area contributed by atoms with Gasteiger partial charge in [-0.2, -0.15) is 0 Å². The maximum Gasteiger partial charge on any atom is 0.338 e. The number of fused-ring (bicyclic) bond motifs is 4. The molecule has 9 heteroatoms. The van der Waals surface area contributed by atoms with Crippen LogP contribution in [0.5, 0.6) is 5.88 Å². The molecular weight excluding hydrogens is 675 g/mol. The predicted molar refractivity (Wildman–Crippen MR) is 214 cm³/mol. The fraction of sp³-hybridized carbons (Fsp3) is 0.200. The summed E-state index contributed by atoms with van der Waals surface area (Å²) in [5.74, 6) is -0.790. The lowest BCUT2D eigenvalue weighted by Gasteiger charge is -2.42. The molecule has 1 N–H and O–H groups in total. The summed E-state index contributed by atoms with van der Waals surface area (Å²) >= 11 is 0. The topological polar surface area (TPSA) is 102 Å². The Kier molecular flexibility index (Phi) is 8.85. The lowest BCUT2D eigenvalue weighted by atomic mass is 9.79. The number of aromatic hydroxyl groups is 1. The molecule has 3 heterocycles. The molecule has 5 aromatic carbocycles. The van der Waals surface area contributed by atoms with Crippen LogP contribution >= 0.6 is 0 Å². The minimum atomic E-state index is -0.652. The summed E-state index contributed by atoms with van der Waals surface area (Å²) in [6, 6.07) is 39.4. The molecule has 270 valence electrons. The third-order valence-electron chi connectivity index (χ3n) is 11.0. The van der Waals surface area contributed by atoms with E-state index in [1.807, 2.05) is 78.6 Å². The molecule has 2 aromatic heterocycles.